The second-order valence-electron chi connectivity index (χ2n) is 18.2. The molecule has 0 radical (unpaired) electrons. The molecule has 3 aliphatic rings. The molecule has 0 unspecified atom stereocenters. The number of aromatic hydroxyl groups is 1. The fourth-order valence-electron chi connectivity index (χ4n) is 10.6. The van der Waals surface area contributed by atoms with Crippen LogP contribution < -0.4 is 21.1 Å². The molecule has 9 heteroatoms. The summed E-state index contributed by atoms with van der Waals surface area (Å²) in [4.78, 5) is 30.9. The number of ketones is 2. The summed E-state index contributed by atoms with van der Waals surface area (Å²) >= 11 is 0. The molecule has 4 aromatic rings. The summed E-state index contributed by atoms with van der Waals surface area (Å²) in [6, 6.07) is 25.1. The number of nitrogens with one attached hydrogen (secondary N) is 2. The van der Waals surface area contributed by atoms with E-state index in [1.165, 1.54) is 49.1 Å². The van der Waals surface area contributed by atoms with Crippen LogP contribution in [0.1, 0.15) is 103 Å². The first-order valence-electron chi connectivity index (χ1n) is 23.5. The van der Waals surface area contributed by atoms with Gasteiger partial charge in [0.1, 0.15) is 11.6 Å². The number of nitrogen functional groups attached to an aromatic ring is 1. The van der Waals surface area contributed by atoms with Gasteiger partial charge in [-0.25, -0.2) is 4.98 Å². The van der Waals surface area contributed by atoms with Crippen LogP contribution in [0.15, 0.2) is 96.7 Å². The lowest BCUT2D eigenvalue weighted by atomic mass is 9.63. The van der Waals surface area contributed by atoms with Crippen molar-refractivity contribution in [1.29, 1.82) is 0 Å². The number of fused-ring (bicyclic) bond motifs is 2. The zero-order valence-electron chi connectivity index (χ0n) is 37.2. The number of benzene rings is 3. The number of phenols is 1. The first-order valence-corrected chi connectivity index (χ1v) is 23.5. The Labute approximate surface area is 374 Å². The van der Waals surface area contributed by atoms with Crippen molar-refractivity contribution in [3.05, 3.63) is 136 Å². The molecule has 0 bridgehead atoms. The number of hydrogen-bond acceptors (Lipinski definition) is 9. The Balaban J connectivity index is 0.955. The average molecular weight is 853 g/mol. The Morgan fingerprint density at radius 3 is 2.51 bits per heavy atom. The van der Waals surface area contributed by atoms with Crippen molar-refractivity contribution in [3.63, 3.8) is 0 Å². The highest BCUT2D eigenvalue weighted by Crippen LogP contribution is 2.44. The number of aliphatic hydroxyl groups is 1. The van der Waals surface area contributed by atoms with Gasteiger partial charge in [-0.05, 0) is 177 Å². The highest BCUT2D eigenvalue weighted by atomic mass is 16.5. The van der Waals surface area contributed by atoms with Gasteiger partial charge in [0.15, 0.2) is 17.3 Å². The number of carbonyl (C=O) groups excluding carboxylic acids is 2. The summed E-state index contributed by atoms with van der Waals surface area (Å²) in [5, 5.41) is 28.1. The van der Waals surface area contributed by atoms with Gasteiger partial charge in [0.25, 0.3) is 0 Å². The average Bonchev–Trinajstić information content (AvgIpc) is 3.30. The molecule has 0 spiro atoms. The first kappa shape index (κ1) is 45.9. The molecule has 334 valence electrons. The van der Waals surface area contributed by atoms with E-state index in [2.05, 4.69) is 70.2 Å². The third-order valence-electron chi connectivity index (χ3n) is 13.8. The lowest BCUT2D eigenvalue weighted by Gasteiger charge is -2.48. The molecule has 2 fully saturated rings. The Morgan fingerprint density at radius 2 is 1.70 bits per heavy atom. The van der Waals surface area contributed by atoms with E-state index in [1.807, 2.05) is 12.1 Å². The first-order chi connectivity index (χ1) is 30.8. The van der Waals surface area contributed by atoms with E-state index in [4.69, 9.17) is 10.5 Å². The van der Waals surface area contributed by atoms with Crippen LogP contribution in [-0.2, 0) is 41.7 Å². The van der Waals surface area contributed by atoms with E-state index < -0.39 is 0 Å². The van der Waals surface area contributed by atoms with Crippen LogP contribution in [0.3, 0.4) is 0 Å². The van der Waals surface area contributed by atoms with Crippen LogP contribution in [0.2, 0.25) is 0 Å². The number of anilines is 1. The molecule has 9 nitrogen and oxygen atoms in total. The summed E-state index contributed by atoms with van der Waals surface area (Å²) in [5.74, 6) is 2.72. The maximum absolute atomic E-state index is 13.3. The summed E-state index contributed by atoms with van der Waals surface area (Å²) in [7, 11) is 1.50. The quantitative estimate of drug-likeness (QED) is 0.0298. The number of pyridine rings is 1. The third-order valence-corrected chi connectivity index (χ3v) is 13.8. The minimum atomic E-state index is -0.252. The Morgan fingerprint density at radius 1 is 0.921 bits per heavy atom. The predicted octanol–water partition coefficient (Wildman–Crippen LogP) is 8.56. The Kier molecular flexibility index (Phi) is 16.8. The van der Waals surface area contributed by atoms with Gasteiger partial charge in [-0.1, -0.05) is 78.7 Å². The van der Waals surface area contributed by atoms with Gasteiger partial charge in [0.05, 0.1) is 13.5 Å². The number of aliphatic hydroxyl groups excluding tert-OH is 1. The second kappa shape index (κ2) is 23.0. The number of ether oxygens (including phenoxy) is 1. The molecule has 63 heavy (non-hydrogen) atoms. The van der Waals surface area contributed by atoms with Crippen LogP contribution >= 0.6 is 0 Å². The molecule has 2 aliphatic heterocycles. The molecular weight excluding hydrogens is 785 g/mol. The summed E-state index contributed by atoms with van der Waals surface area (Å²) in [6.07, 6.45) is 19.9. The molecule has 7 rings (SSSR count). The number of nitrogens with two attached hydrogens (primary N) is 1. The van der Waals surface area contributed by atoms with Crippen LogP contribution in [0.4, 0.5) is 5.82 Å². The van der Waals surface area contributed by atoms with E-state index in [9.17, 15) is 19.8 Å². The highest BCUT2D eigenvalue weighted by Gasteiger charge is 2.42. The summed E-state index contributed by atoms with van der Waals surface area (Å²) in [5.41, 5.74) is 15.3. The van der Waals surface area contributed by atoms with Gasteiger partial charge < -0.3 is 31.3 Å². The lowest BCUT2D eigenvalue weighted by molar-refractivity contribution is -0.124. The van der Waals surface area contributed by atoms with Crippen LogP contribution in [0.5, 0.6) is 11.5 Å². The van der Waals surface area contributed by atoms with Crippen molar-refractivity contribution in [1.82, 2.24) is 15.6 Å². The second-order valence-corrected chi connectivity index (χ2v) is 18.2. The molecule has 3 aromatic carbocycles. The number of aryl methyl sites for hydroxylation is 4. The third kappa shape index (κ3) is 13.0. The van der Waals surface area contributed by atoms with Gasteiger partial charge in [0.2, 0.25) is 0 Å². The normalized spacial score (nSPS) is 20.1. The number of nitrogens with zero attached hydrogens (tertiary/aromatic N) is 1. The Hall–Kier alpha value is -5.09. The van der Waals surface area contributed by atoms with Gasteiger partial charge >= 0.3 is 0 Å². The van der Waals surface area contributed by atoms with E-state index in [0.717, 1.165) is 99.7 Å². The fraction of sp³-hybridized carbons (Fsp3) is 0.463. The van der Waals surface area contributed by atoms with E-state index in [1.54, 1.807) is 30.0 Å². The van der Waals surface area contributed by atoms with Crippen molar-refractivity contribution in [3.8, 4) is 11.5 Å². The van der Waals surface area contributed by atoms with Crippen LogP contribution in [0.25, 0.3) is 6.08 Å². The predicted molar refractivity (Wildman–Crippen MR) is 253 cm³/mol. The molecule has 5 atom stereocenters. The summed E-state index contributed by atoms with van der Waals surface area (Å²) < 4.78 is 5.45. The Bertz CT molecular complexity index is 2200. The number of piperidine rings is 2. The number of methoxy groups -OCH3 is 1. The fourth-order valence-corrected chi connectivity index (χ4v) is 10.6. The number of rotatable bonds is 22. The van der Waals surface area contributed by atoms with E-state index in [-0.39, 0.29) is 30.3 Å². The maximum Gasteiger partial charge on any atom is 0.163 e. The highest BCUT2D eigenvalue weighted by molar-refractivity contribution is 6.06. The number of carbonyl (C=O) groups is 2. The minimum Gasteiger partial charge on any atom is -0.504 e. The van der Waals surface area contributed by atoms with Crippen molar-refractivity contribution in [2.45, 2.75) is 102 Å². The molecule has 3 heterocycles. The van der Waals surface area contributed by atoms with E-state index in [0.29, 0.717) is 54.1 Å². The zero-order valence-corrected chi connectivity index (χ0v) is 37.2. The maximum atomic E-state index is 13.3. The number of hydrogen-bond donors (Lipinski definition) is 5. The SMILES string of the molecule is COc1cc(/C=C\C(=O)CC(=O)CCC[C@H](CCCO)C[C@H]2[C@@H]3CCNC[C@@H]3C=C3CCCN[C@H]32)c(Cc2cnc(N)cc2CCc2cccc(CCc3ccccc3)c2)cc1O. The molecule has 2 saturated heterocycles. The summed E-state index contributed by atoms with van der Waals surface area (Å²) in [6.45, 7) is 3.38. The largest absolute Gasteiger partial charge is 0.504 e. The lowest BCUT2D eigenvalue weighted by Crippen LogP contribution is -2.52. The smallest absolute Gasteiger partial charge is 0.163 e. The standard InChI is InChI=1S/C54H68N4O5/c1-63-52-32-41(44(31-51(52)62)30-45-36-58-53(55)33-42(45)20-19-40-12-5-11-39(27-40)18-17-37-9-3-2-4-10-37)21-22-48(61)34-47(60)16-6-13-38(14-8-26-59)28-50-49-23-25-56-35-46(49)29-43-15-7-24-57-54(43)50/h2-5,9-12,21-22,27,29,31-33,36,38,46,49-50,54,56-57,59,62H,6-8,13-20,23-26,28,30,34-35H2,1H3,(H2,55,58)/b22-21-/t38-,46+,49-,50+,54-/m1/s1. The van der Waals surface area contributed by atoms with E-state index >= 15 is 0 Å². The van der Waals surface area contributed by atoms with Crippen molar-refractivity contribution >= 4 is 23.5 Å². The topological polar surface area (TPSA) is 147 Å². The van der Waals surface area contributed by atoms with Crippen LogP contribution in [-0.4, -0.2) is 66.2 Å². The minimum absolute atomic E-state index is 0.00619. The molecule has 1 aromatic heterocycles. The zero-order chi connectivity index (χ0) is 44.0. The number of allylic oxidation sites excluding steroid dienone is 1. The molecule has 0 amide bonds. The molecular formula is C54H68N4O5. The number of Topliss-reactive ketones (excluding diaryl/α,β-unsaturated/α-hetero) is 1. The van der Waals surface area contributed by atoms with Gasteiger partial charge in [-0.3, -0.25) is 9.59 Å². The molecule has 0 saturated carbocycles. The van der Waals surface area contributed by atoms with Gasteiger partial charge in [-0.15, -0.1) is 0 Å². The van der Waals surface area contributed by atoms with Crippen molar-refractivity contribution in [2.24, 2.45) is 23.7 Å². The van der Waals surface area contributed by atoms with Gasteiger partial charge in [0, 0.05) is 31.8 Å². The van der Waals surface area contributed by atoms with Crippen molar-refractivity contribution in [2.75, 3.05) is 39.1 Å². The van der Waals surface area contributed by atoms with Crippen LogP contribution in [0, 0.1) is 23.7 Å². The molecule has 1 aliphatic carbocycles. The van der Waals surface area contributed by atoms with Crippen molar-refractivity contribution < 1.29 is 24.5 Å². The monoisotopic (exact) mass is 853 g/mol. The number of phenolic OH excluding ortho intramolecular Hbond substituents is 1. The number of aromatic nitrogens is 1. The molecule has 6 N–H and O–H groups in total. The van der Waals surface area contributed by atoms with Gasteiger partial charge in [-0.2, -0.15) is 0 Å².